The molecule has 0 saturated carbocycles. The minimum absolute atomic E-state index is 0.0976. The van der Waals surface area contributed by atoms with Crippen molar-refractivity contribution in [3.8, 4) is 0 Å². The van der Waals surface area contributed by atoms with Crippen molar-refractivity contribution in [1.82, 2.24) is 9.80 Å². The Morgan fingerprint density at radius 1 is 1.33 bits per heavy atom. The fourth-order valence-electron chi connectivity index (χ4n) is 2.56. The van der Waals surface area contributed by atoms with Gasteiger partial charge in [0, 0.05) is 19.6 Å². The molecule has 0 aromatic heterocycles. The molecule has 0 aromatic carbocycles. The highest BCUT2D eigenvalue weighted by atomic mass is 16.5. The second-order valence-corrected chi connectivity index (χ2v) is 5.75. The number of urea groups is 1. The van der Waals surface area contributed by atoms with E-state index in [1.54, 1.807) is 11.9 Å². The monoisotopic (exact) mass is 300 g/mol. The number of carbonyl (C=O) groups is 2. The lowest BCUT2D eigenvalue weighted by Crippen LogP contribution is -2.52. The molecule has 1 rings (SSSR count). The first-order valence-corrected chi connectivity index (χ1v) is 7.77. The molecular formula is C15H28N2O4. The Morgan fingerprint density at radius 2 is 2.00 bits per heavy atom. The summed E-state index contributed by atoms with van der Waals surface area (Å²) in [6.07, 6.45) is 2.86. The summed E-state index contributed by atoms with van der Waals surface area (Å²) in [6.45, 7) is 7.35. The molecule has 0 spiro atoms. The number of amides is 2. The van der Waals surface area contributed by atoms with Gasteiger partial charge >= 0.3 is 12.0 Å². The fourth-order valence-corrected chi connectivity index (χ4v) is 2.56. The zero-order valence-corrected chi connectivity index (χ0v) is 13.5. The molecule has 1 saturated heterocycles. The number of ether oxygens (including phenoxy) is 1. The lowest BCUT2D eigenvalue weighted by atomic mass is 10.0. The summed E-state index contributed by atoms with van der Waals surface area (Å²) >= 11 is 0. The number of likely N-dealkylation sites (N-methyl/N-ethyl adjacent to an activating group) is 1. The SMILES string of the molecule is CCCCN(C(=O)N(C)C1COCC1C(=O)O)C(C)CC. The molecule has 0 aliphatic carbocycles. The molecule has 0 aromatic rings. The van der Waals surface area contributed by atoms with E-state index in [0.717, 1.165) is 19.3 Å². The van der Waals surface area contributed by atoms with E-state index in [-0.39, 0.29) is 24.7 Å². The van der Waals surface area contributed by atoms with Crippen LogP contribution in [0, 0.1) is 5.92 Å². The number of rotatable bonds is 7. The molecule has 3 unspecified atom stereocenters. The first kappa shape index (κ1) is 17.8. The average Bonchev–Trinajstić information content (AvgIpc) is 2.95. The van der Waals surface area contributed by atoms with Crippen LogP contribution in [-0.4, -0.2) is 65.8 Å². The fraction of sp³-hybridized carbons (Fsp3) is 0.867. The third kappa shape index (κ3) is 4.33. The molecular weight excluding hydrogens is 272 g/mol. The molecule has 6 heteroatoms. The van der Waals surface area contributed by atoms with Gasteiger partial charge in [0.25, 0.3) is 0 Å². The molecule has 122 valence electrons. The summed E-state index contributed by atoms with van der Waals surface area (Å²) in [5.74, 6) is -1.54. The van der Waals surface area contributed by atoms with E-state index in [1.807, 2.05) is 11.8 Å². The minimum atomic E-state index is -0.902. The van der Waals surface area contributed by atoms with Crippen molar-refractivity contribution >= 4 is 12.0 Å². The first-order chi connectivity index (χ1) is 9.93. The molecule has 1 fully saturated rings. The van der Waals surface area contributed by atoms with Crippen molar-refractivity contribution < 1.29 is 19.4 Å². The Labute approximate surface area is 127 Å². The van der Waals surface area contributed by atoms with E-state index < -0.39 is 11.9 Å². The lowest BCUT2D eigenvalue weighted by Gasteiger charge is -2.35. The summed E-state index contributed by atoms with van der Waals surface area (Å²) in [6, 6.07) is -0.333. The van der Waals surface area contributed by atoms with Gasteiger partial charge in [-0.05, 0) is 19.8 Å². The van der Waals surface area contributed by atoms with Crippen LogP contribution in [0.5, 0.6) is 0 Å². The largest absolute Gasteiger partial charge is 0.481 e. The van der Waals surface area contributed by atoms with Crippen LogP contribution >= 0.6 is 0 Å². The third-order valence-corrected chi connectivity index (χ3v) is 4.29. The number of aliphatic carboxylic acids is 1. The maximum atomic E-state index is 12.7. The number of carbonyl (C=O) groups excluding carboxylic acids is 1. The van der Waals surface area contributed by atoms with Crippen molar-refractivity contribution in [2.24, 2.45) is 5.92 Å². The molecule has 3 atom stereocenters. The highest BCUT2D eigenvalue weighted by Gasteiger charge is 2.39. The molecule has 1 aliphatic rings. The van der Waals surface area contributed by atoms with E-state index in [1.165, 1.54) is 0 Å². The van der Waals surface area contributed by atoms with Crippen molar-refractivity contribution in [3.05, 3.63) is 0 Å². The van der Waals surface area contributed by atoms with Crippen molar-refractivity contribution in [3.63, 3.8) is 0 Å². The maximum Gasteiger partial charge on any atom is 0.320 e. The highest BCUT2D eigenvalue weighted by Crippen LogP contribution is 2.21. The van der Waals surface area contributed by atoms with Crippen LogP contribution in [0.25, 0.3) is 0 Å². The van der Waals surface area contributed by atoms with Crippen LogP contribution in [0.4, 0.5) is 4.79 Å². The predicted octanol–water partition coefficient (Wildman–Crippen LogP) is 2.04. The van der Waals surface area contributed by atoms with Crippen LogP contribution in [0.2, 0.25) is 0 Å². The topological polar surface area (TPSA) is 70.1 Å². The third-order valence-electron chi connectivity index (χ3n) is 4.29. The summed E-state index contributed by atoms with van der Waals surface area (Å²) in [7, 11) is 1.68. The van der Waals surface area contributed by atoms with Gasteiger partial charge in [-0.1, -0.05) is 20.3 Å². The zero-order valence-electron chi connectivity index (χ0n) is 13.5. The quantitative estimate of drug-likeness (QED) is 0.781. The normalized spacial score (nSPS) is 22.9. The van der Waals surface area contributed by atoms with Gasteiger partial charge in [0.2, 0.25) is 0 Å². The Kier molecular flexibility index (Phi) is 6.95. The van der Waals surface area contributed by atoms with Gasteiger partial charge in [0.05, 0.1) is 19.3 Å². The Morgan fingerprint density at radius 3 is 2.52 bits per heavy atom. The van der Waals surface area contributed by atoms with Crippen LogP contribution in [0.15, 0.2) is 0 Å². The standard InChI is InChI=1S/C15H28N2O4/c1-5-7-8-17(11(3)6-2)15(20)16(4)13-10-21-9-12(13)14(18)19/h11-13H,5-10H2,1-4H3,(H,18,19). The zero-order chi connectivity index (χ0) is 16.0. The van der Waals surface area contributed by atoms with Gasteiger partial charge in [-0.25, -0.2) is 4.79 Å². The number of hydrogen-bond donors (Lipinski definition) is 1. The van der Waals surface area contributed by atoms with Gasteiger partial charge < -0.3 is 19.6 Å². The predicted molar refractivity (Wildman–Crippen MR) is 80.3 cm³/mol. The molecule has 0 radical (unpaired) electrons. The van der Waals surface area contributed by atoms with E-state index in [9.17, 15) is 14.7 Å². The molecule has 2 amide bonds. The average molecular weight is 300 g/mol. The molecule has 1 aliphatic heterocycles. The van der Waals surface area contributed by atoms with Gasteiger partial charge in [-0.15, -0.1) is 0 Å². The van der Waals surface area contributed by atoms with Gasteiger partial charge in [0.15, 0.2) is 0 Å². The van der Waals surface area contributed by atoms with Crippen LogP contribution in [-0.2, 0) is 9.53 Å². The Bertz CT molecular complexity index is 362. The number of unbranched alkanes of at least 4 members (excludes halogenated alkanes) is 1. The lowest BCUT2D eigenvalue weighted by molar-refractivity contribution is -0.142. The number of carboxylic acid groups (broad SMARTS) is 1. The van der Waals surface area contributed by atoms with Gasteiger partial charge in [-0.3, -0.25) is 4.79 Å². The van der Waals surface area contributed by atoms with Crippen LogP contribution < -0.4 is 0 Å². The summed E-state index contributed by atoms with van der Waals surface area (Å²) < 4.78 is 5.26. The Balaban J connectivity index is 2.79. The van der Waals surface area contributed by atoms with Crippen molar-refractivity contribution in [1.29, 1.82) is 0 Å². The molecule has 0 bridgehead atoms. The van der Waals surface area contributed by atoms with Gasteiger partial charge in [0.1, 0.15) is 5.92 Å². The van der Waals surface area contributed by atoms with Gasteiger partial charge in [-0.2, -0.15) is 0 Å². The van der Waals surface area contributed by atoms with E-state index in [0.29, 0.717) is 13.2 Å². The maximum absolute atomic E-state index is 12.7. The second-order valence-electron chi connectivity index (χ2n) is 5.75. The molecule has 1 heterocycles. The van der Waals surface area contributed by atoms with E-state index >= 15 is 0 Å². The summed E-state index contributed by atoms with van der Waals surface area (Å²) in [5, 5.41) is 9.22. The van der Waals surface area contributed by atoms with E-state index in [2.05, 4.69) is 13.8 Å². The second kappa shape index (κ2) is 8.22. The number of hydrogen-bond acceptors (Lipinski definition) is 3. The van der Waals surface area contributed by atoms with Crippen LogP contribution in [0.1, 0.15) is 40.0 Å². The van der Waals surface area contributed by atoms with E-state index in [4.69, 9.17) is 4.74 Å². The van der Waals surface area contributed by atoms with Crippen molar-refractivity contribution in [2.75, 3.05) is 26.8 Å². The molecule has 1 N–H and O–H groups in total. The van der Waals surface area contributed by atoms with Crippen molar-refractivity contribution in [2.45, 2.75) is 52.1 Å². The molecule has 6 nitrogen and oxygen atoms in total. The minimum Gasteiger partial charge on any atom is -0.481 e. The number of nitrogens with zero attached hydrogens (tertiary/aromatic N) is 2. The summed E-state index contributed by atoms with van der Waals surface area (Å²) in [4.78, 5) is 27.3. The van der Waals surface area contributed by atoms with Crippen LogP contribution in [0.3, 0.4) is 0 Å². The highest BCUT2D eigenvalue weighted by molar-refractivity contribution is 5.77. The smallest absolute Gasteiger partial charge is 0.320 e. The summed E-state index contributed by atoms with van der Waals surface area (Å²) in [5.41, 5.74) is 0. The Hall–Kier alpha value is -1.30. The number of carboxylic acids is 1. The first-order valence-electron chi connectivity index (χ1n) is 7.77. The molecule has 21 heavy (non-hydrogen) atoms.